The standard InChI is InChI=1S/C66H66Cl2N6O10/c1-43-51(39-83-61-25-59(81-37-49-21-47(29-69-3)31-71-33-49)53(23-57(61)67)35-73-65(41-75,63(77)78)27-45-13-7-5-8-14-45)17-11-19-55(43)56-20-12-18-52(44(56)2)40-84-62-26-60(82-38-50-22-48(30-70-4)32-72-34-50)54(24-58(62)68)36-74-66(42-76,64(79)80)28-46-15-9-6-10-16-46/h5-26,29-34,73-76H,27-28,35-42H2,1-4H3,(H,77,78)(H,79,80)/b69-29-,70-30+. The van der Waals surface area contributed by atoms with Crippen LogP contribution in [0.25, 0.3) is 11.1 Å². The molecule has 16 nitrogen and oxygen atoms in total. The number of carboxylic acids is 2. The average molecular weight is 1170 g/mol. The van der Waals surface area contributed by atoms with Crippen LogP contribution in [0.1, 0.15) is 66.8 Å². The summed E-state index contributed by atoms with van der Waals surface area (Å²) in [5.41, 5.74) is 7.91. The van der Waals surface area contributed by atoms with Crippen LogP contribution in [0.4, 0.5) is 0 Å². The van der Waals surface area contributed by atoms with Gasteiger partial charge in [-0.3, -0.25) is 40.2 Å². The zero-order chi connectivity index (χ0) is 59.6. The number of hydrogen-bond donors (Lipinski definition) is 6. The Morgan fingerprint density at radius 1 is 0.500 bits per heavy atom. The lowest BCUT2D eigenvalue weighted by Crippen LogP contribution is -2.56. The molecule has 2 atom stereocenters. The molecule has 0 aliphatic heterocycles. The molecule has 84 heavy (non-hydrogen) atoms. The van der Waals surface area contributed by atoms with Crippen molar-refractivity contribution >= 4 is 47.6 Å². The molecule has 6 N–H and O–H groups in total. The first-order chi connectivity index (χ1) is 40.7. The molecule has 8 rings (SSSR count). The van der Waals surface area contributed by atoms with Gasteiger partial charge < -0.3 is 39.4 Å². The van der Waals surface area contributed by atoms with E-state index in [-0.39, 0.29) is 62.4 Å². The Morgan fingerprint density at radius 2 is 0.893 bits per heavy atom. The van der Waals surface area contributed by atoms with E-state index >= 15 is 0 Å². The number of pyridine rings is 2. The summed E-state index contributed by atoms with van der Waals surface area (Å²) >= 11 is 14.0. The highest BCUT2D eigenvalue weighted by atomic mass is 35.5. The quantitative estimate of drug-likeness (QED) is 0.0240. The molecule has 0 bridgehead atoms. The number of nitrogens with one attached hydrogen (secondary N) is 2. The lowest BCUT2D eigenvalue weighted by Gasteiger charge is -2.29. The van der Waals surface area contributed by atoms with E-state index < -0.39 is 36.2 Å². The molecule has 0 aliphatic carbocycles. The first kappa shape index (κ1) is 61.6. The number of ether oxygens (including phenoxy) is 4. The van der Waals surface area contributed by atoms with Crippen LogP contribution in [0.2, 0.25) is 10.0 Å². The summed E-state index contributed by atoms with van der Waals surface area (Å²) in [4.78, 5) is 42.5. The molecule has 0 saturated heterocycles. The number of aliphatic imine (C=N–C) groups is 2. The van der Waals surface area contributed by atoms with Crippen LogP contribution in [0.3, 0.4) is 0 Å². The fourth-order valence-electron chi connectivity index (χ4n) is 9.63. The van der Waals surface area contributed by atoms with Gasteiger partial charge in [0.1, 0.15) is 60.5 Å². The van der Waals surface area contributed by atoms with Crippen molar-refractivity contribution in [3.8, 4) is 34.1 Å². The summed E-state index contributed by atoms with van der Waals surface area (Å²) < 4.78 is 25.8. The molecule has 18 heteroatoms. The molecule has 0 spiro atoms. The predicted molar refractivity (Wildman–Crippen MR) is 326 cm³/mol. The summed E-state index contributed by atoms with van der Waals surface area (Å²) in [6.07, 6.45) is 10.2. The van der Waals surface area contributed by atoms with Gasteiger partial charge in [0.2, 0.25) is 0 Å². The van der Waals surface area contributed by atoms with E-state index in [2.05, 4.69) is 30.6 Å². The molecule has 2 unspecified atom stereocenters. The molecule has 0 aliphatic rings. The summed E-state index contributed by atoms with van der Waals surface area (Å²) in [6.45, 7) is 3.17. The highest BCUT2D eigenvalue weighted by Crippen LogP contribution is 2.38. The van der Waals surface area contributed by atoms with E-state index in [0.29, 0.717) is 34.1 Å². The van der Waals surface area contributed by atoms with E-state index in [1.807, 2.05) is 123 Å². The lowest BCUT2D eigenvalue weighted by molar-refractivity contribution is -0.147. The third-order valence-corrected chi connectivity index (χ3v) is 15.0. The smallest absolute Gasteiger partial charge is 0.326 e. The molecule has 0 amide bonds. The molecule has 6 aromatic carbocycles. The Morgan fingerprint density at radius 3 is 1.26 bits per heavy atom. The normalized spacial score (nSPS) is 12.9. The summed E-state index contributed by atoms with van der Waals surface area (Å²) in [7, 11) is 3.35. The van der Waals surface area contributed by atoms with Crippen molar-refractivity contribution in [2.24, 2.45) is 9.98 Å². The van der Waals surface area contributed by atoms with Crippen LogP contribution >= 0.6 is 23.2 Å². The van der Waals surface area contributed by atoms with Gasteiger partial charge in [0.05, 0.1) is 23.3 Å². The summed E-state index contributed by atoms with van der Waals surface area (Å²) in [5, 5.41) is 48.7. The Hall–Kier alpha value is -8.48. The van der Waals surface area contributed by atoms with Gasteiger partial charge in [-0.05, 0) is 82.6 Å². The Balaban J connectivity index is 1.02. The molecule has 0 radical (unpaired) electrons. The third-order valence-electron chi connectivity index (χ3n) is 14.4. The molecule has 434 valence electrons. The van der Waals surface area contributed by atoms with Crippen LogP contribution in [0.5, 0.6) is 23.0 Å². The molecule has 2 heterocycles. The summed E-state index contributed by atoms with van der Waals surface area (Å²) in [6, 6.07) is 40.7. The Bertz CT molecular complexity index is 3390. The summed E-state index contributed by atoms with van der Waals surface area (Å²) in [5.74, 6) is -0.988. The first-order valence-corrected chi connectivity index (χ1v) is 27.7. The Labute approximate surface area is 498 Å². The molecule has 2 aromatic heterocycles. The first-order valence-electron chi connectivity index (χ1n) is 27.0. The fourth-order valence-corrected chi connectivity index (χ4v) is 10.1. The molecular weight excluding hydrogens is 1110 g/mol. The number of halogens is 2. The van der Waals surface area contributed by atoms with Gasteiger partial charge >= 0.3 is 11.9 Å². The number of aliphatic carboxylic acids is 2. The van der Waals surface area contributed by atoms with Crippen LogP contribution in [-0.4, -0.2) is 93.1 Å². The van der Waals surface area contributed by atoms with Crippen molar-refractivity contribution in [3.05, 3.63) is 235 Å². The van der Waals surface area contributed by atoms with E-state index in [1.165, 1.54) is 0 Å². The molecule has 0 saturated carbocycles. The number of carboxylic acid groups (broad SMARTS) is 2. The SMILES string of the molecule is C/N=C\c1cncc(COc2cc(OCc3cccc(-c4cccc(COc5cc(OCc6cncc(/C=N/C)c6)c(CNC(CO)(Cc6ccccc6)C(=O)O)cc5Cl)c4C)c3C)c(Cl)cc2CNC(CO)(Cc2ccccc2)C(=O)O)c1. The number of rotatable bonds is 29. The second kappa shape index (κ2) is 29.2. The van der Waals surface area contributed by atoms with Crippen LogP contribution in [0, 0.1) is 13.8 Å². The minimum absolute atomic E-state index is 0.0188. The maximum absolute atomic E-state index is 12.8. The van der Waals surface area contributed by atoms with Crippen molar-refractivity contribution < 1.29 is 49.0 Å². The number of nitrogens with zero attached hydrogens (tertiary/aromatic N) is 4. The van der Waals surface area contributed by atoms with Gasteiger partial charge in [-0.15, -0.1) is 0 Å². The van der Waals surface area contributed by atoms with Crippen LogP contribution in [-0.2, 0) is 61.9 Å². The average Bonchev–Trinajstić information content (AvgIpc) is 3.64. The number of aliphatic hydroxyl groups is 2. The second-order valence-electron chi connectivity index (χ2n) is 20.3. The highest BCUT2D eigenvalue weighted by Gasteiger charge is 2.39. The molecular formula is C66H66Cl2N6O10. The maximum atomic E-state index is 12.8. The van der Waals surface area contributed by atoms with Gasteiger partial charge in [0.25, 0.3) is 0 Å². The van der Waals surface area contributed by atoms with Crippen LogP contribution < -0.4 is 29.6 Å². The lowest BCUT2D eigenvalue weighted by atomic mass is 9.91. The minimum Gasteiger partial charge on any atom is -0.488 e. The van der Waals surface area contributed by atoms with E-state index in [0.717, 1.165) is 66.8 Å². The molecule has 8 aromatic rings. The van der Waals surface area contributed by atoms with Gasteiger partial charge in [0, 0.05) is 123 Å². The monoisotopic (exact) mass is 1170 g/mol. The van der Waals surface area contributed by atoms with Gasteiger partial charge in [-0.2, -0.15) is 0 Å². The third kappa shape index (κ3) is 15.6. The predicted octanol–water partition coefficient (Wildman–Crippen LogP) is 10.8. The topological polar surface area (TPSA) is 227 Å². The number of aromatic nitrogens is 2. The zero-order valence-corrected chi connectivity index (χ0v) is 48.5. The largest absolute Gasteiger partial charge is 0.488 e. The number of carbonyl (C=O) groups is 2. The van der Waals surface area contributed by atoms with Crippen molar-refractivity contribution in [1.82, 2.24) is 20.6 Å². The maximum Gasteiger partial charge on any atom is 0.326 e. The number of benzene rings is 6. The minimum atomic E-state index is -1.71. The second-order valence-corrected chi connectivity index (χ2v) is 21.1. The van der Waals surface area contributed by atoms with Gasteiger partial charge in [0.15, 0.2) is 0 Å². The van der Waals surface area contributed by atoms with Crippen molar-refractivity contribution in [2.45, 2.75) is 77.3 Å². The van der Waals surface area contributed by atoms with Crippen molar-refractivity contribution in [3.63, 3.8) is 0 Å². The molecule has 0 fully saturated rings. The highest BCUT2D eigenvalue weighted by molar-refractivity contribution is 6.32. The van der Waals surface area contributed by atoms with Crippen LogP contribution in [0.15, 0.2) is 168 Å². The van der Waals surface area contributed by atoms with Gasteiger partial charge in [-0.1, -0.05) is 120 Å². The van der Waals surface area contributed by atoms with E-state index in [1.54, 1.807) is 75.6 Å². The zero-order valence-electron chi connectivity index (χ0n) is 47.0. The van der Waals surface area contributed by atoms with Gasteiger partial charge in [-0.25, -0.2) is 0 Å². The Kier molecular flexibility index (Phi) is 21.4. The van der Waals surface area contributed by atoms with E-state index in [9.17, 15) is 30.0 Å². The number of aliphatic hydroxyl groups excluding tert-OH is 2. The fraction of sp³-hybridized carbons (Fsp3) is 0.242. The van der Waals surface area contributed by atoms with Crippen molar-refractivity contribution in [2.75, 3.05) is 27.3 Å². The number of hydrogen-bond acceptors (Lipinski definition) is 14. The van der Waals surface area contributed by atoms with Crippen molar-refractivity contribution in [1.29, 1.82) is 0 Å². The van der Waals surface area contributed by atoms with E-state index in [4.69, 9.17) is 42.1 Å².